The minimum absolute atomic E-state index is 0.130. The largest absolute Gasteiger partial charge is 0.394 e. The van der Waals surface area contributed by atoms with Crippen molar-refractivity contribution in [3.63, 3.8) is 0 Å². The van der Waals surface area contributed by atoms with Crippen molar-refractivity contribution in [1.82, 2.24) is 9.80 Å². The Labute approximate surface area is 118 Å². The standard InChI is InChI=1S/C14H20ClFN2O/c1-10-8-17(2)6-7-18(10)13(9-19)14-11(15)4-3-5-12(14)16/h3-5,10,13,19H,6-9H2,1-2H3. The third kappa shape index (κ3) is 3.08. The van der Waals surface area contributed by atoms with Gasteiger partial charge in [0.05, 0.1) is 12.6 Å². The molecule has 2 unspecified atom stereocenters. The molecule has 0 aromatic heterocycles. The van der Waals surface area contributed by atoms with Crippen LogP contribution in [0, 0.1) is 5.82 Å². The highest BCUT2D eigenvalue weighted by Gasteiger charge is 2.31. The zero-order chi connectivity index (χ0) is 14.0. The van der Waals surface area contributed by atoms with Gasteiger partial charge in [-0.2, -0.15) is 0 Å². The Kier molecular flexibility index (Phi) is 4.79. The minimum Gasteiger partial charge on any atom is -0.394 e. The Bertz CT molecular complexity index is 423. The fraction of sp³-hybridized carbons (Fsp3) is 0.571. The molecule has 1 aromatic carbocycles. The van der Waals surface area contributed by atoms with E-state index in [0.29, 0.717) is 10.6 Å². The van der Waals surface area contributed by atoms with Crippen LogP contribution in [0.5, 0.6) is 0 Å². The number of aliphatic hydroxyl groups is 1. The molecular formula is C14H20ClFN2O. The van der Waals surface area contributed by atoms with Crippen molar-refractivity contribution in [3.8, 4) is 0 Å². The van der Waals surface area contributed by atoms with E-state index in [1.54, 1.807) is 12.1 Å². The number of aliphatic hydroxyl groups excluding tert-OH is 1. The lowest BCUT2D eigenvalue weighted by Crippen LogP contribution is -2.52. The van der Waals surface area contributed by atoms with Gasteiger partial charge in [-0.05, 0) is 26.1 Å². The highest BCUT2D eigenvalue weighted by atomic mass is 35.5. The second-order valence-corrected chi connectivity index (χ2v) is 5.59. The van der Waals surface area contributed by atoms with Gasteiger partial charge >= 0.3 is 0 Å². The Balaban J connectivity index is 2.29. The Morgan fingerprint density at radius 1 is 1.47 bits per heavy atom. The zero-order valence-electron chi connectivity index (χ0n) is 11.3. The molecule has 106 valence electrons. The molecule has 1 fully saturated rings. The summed E-state index contributed by atoms with van der Waals surface area (Å²) in [6.07, 6.45) is 0. The van der Waals surface area contributed by atoms with E-state index in [-0.39, 0.29) is 24.5 Å². The summed E-state index contributed by atoms with van der Waals surface area (Å²) < 4.78 is 14.0. The maximum Gasteiger partial charge on any atom is 0.129 e. The molecule has 0 saturated carbocycles. The first-order valence-electron chi connectivity index (χ1n) is 6.53. The summed E-state index contributed by atoms with van der Waals surface area (Å²) in [6.45, 7) is 4.57. The smallest absolute Gasteiger partial charge is 0.129 e. The lowest BCUT2D eigenvalue weighted by Gasteiger charge is -2.42. The van der Waals surface area contributed by atoms with E-state index >= 15 is 0 Å². The van der Waals surface area contributed by atoms with Crippen molar-refractivity contribution in [2.24, 2.45) is 0 Å². The highest BCUT2D eigenvalue weighted by molar-refractivity contribution is 6.31. The van der Waals surface area contributed by atoms with Crippen molar-refractivity contribution < 1.29 is 9.50 Å². The Hall–Kier alpha value is -0.680. The van der Waals surface area contributed by atoms with Gasteiger partial charge in [0.1, 0.15) is 5.82 Å². The first-order chi connectivity index (χ1) is 9.04. The first kappa shape index (κ1) is 14.7. The molecule has 1 heterocycles. The van der Waals surface area contributed by atoms with Crippen molar-refractivity contribution in [2.75, 3.05) is 33.3 Å². The SMILES string of the molecule is CC1CN(C)CCN1C(CO)c1c(F)cccc1Cl. The van der Waals surface area contributed by atoms with Crippen LogP contribution >= 0.6 is 11.6 Å². The van der Waals surface area contributed by atoms with Crippen molar-refractivity contribution in [3.05, 3.63) is 34.6 Å². The van der Waals surface area contributed by atoms with Gasteiger partial charge in [0.15, 0.2) is 0 Å². The molecule has 1 aliphatic heterocycles. The molecule has 1 aromatic rings. The molecule has 0 spiro atoms. The van der Waals surface area contributed by atoms with Gasteiger partial charge in [0, 0.05) is 36.3 Å². The zero-order valence-corrected chi connectivity index (χ0v) is 12.1. The number of nitrogens with zero attached hydrogens (tertiary/aromatic N) is 2. The summed E-state index contributed by atoms with van der Waals surface area (Å²) in [5.74, 6) is -0.349. The normalized spacial score (nSPS) is 23.5. The molecule has 0 aliphatic carbocycles. The molecular weight excluding hydrogens is 267 g/mol. The monoisotopic (exact) mass is 286 g/mol. The van der Waals surface area contributed by atoms with Gasteiger partial charge in [0.2, 0.25) is 0 Å². The molecule has 0 bridgehead atoms. The maximum atomic E-state index is 14.0. The van der Waals surface area contributed by atoms with Crippen LogP contribution < -0.4 is 0 Å². The maximum absolute atomic E-state index is 14.0. The molecule has 0 radical (unpaired) electrons. The number of likely N-dealkylation sites (N-methyl/N-ethyl adjacent to an activating group) is 1. The van der Waals surface area contributed by atoms with Crippen molar-refractivity contribution in [2.45, 2.75) is 19.0 Å². The Morgan fingerprint density at radius 3 is 2.79 bits per heavy atom. The predicted octanol–water partition coefficient (Wildman–Crippen LogP) is 2.15. The van der Waals surface area contributed by atoms with E-state index in [2.05, 4.69) is 23.8 Å². The van der Waals surface area contributed by atoms with Crippen LogP contribution in [0.4, 0.5) is 4.39 Å². The second kappa shape index (κ2) is 6.18. The average molecular weight is 287 g/mol. The van der Waals surface area contributed by atoms with Crippen molar-refractivity contribution >= 4 is 11.6 Å². The molecule has 3 nitrogen and oxygen atoms in total. The number of halogens is 2. The van der Waals surface area contributed by atoms with E-state index in [4.69, 9.17) is 11.6 Å². The van der Waals surface area contributed by atoms with Crippen LogP contribution in [-0.2, 0) is 0 Å². The molecule has 19 heavy (non-hydrogen) atoms. The summed E-state index contributed by atoms with van der Waals surface area (Å²) in [5.41, 5.74) is 0.406. The van der Waals surface area contributed by atoms with Gasteiger partial charge in [-0.1, -0.05) is 17.7 Å². The summed E-state index contributed by atoms with van der Waals surface area (Å²) in [7, 11) is 2.07. The quantitative estimate of drug-likeness (QED) is 0.922. The van der Waals surface area contributed by atoms with Gasteiger partial charge in [-0.15, -0.1) is 0 Å². The van der Waals surface area contributed by atoms with Crippen molar-refractivity contribution in [1.29, 1.82) is 0 Å². The van der Waals surface area contributed by atoms with Gasteiger partial charge < -0.3 is 10.0 Å². The first-order valence-corrected chi connectivity index (χ1v) is 6.91. The van der Waals surface area contributed by atoms with Crippen LogP contribution in [0.1, 0.15) is 18.5 Å². The fourth-order valence-corrected chi connectivity index (χ4v) is 3.10. The van der Waals surface area contributed by atoms with E-state index in [1.165, 1.54) is 6.07 Å². The molecule has 1 N–H and O–H groups in total. The lowest BCUT2D eigenvalue weighted by molar-refractivity contribution is 0.0327. The van der Waals surface area contributed by atoms with Gasteiger partial charge in [-0.3, -0.25) is 4.90 Å². The third-order valence-electron chi connectivity index (χ3n) is 3.79. The third-order valence-corrected chi connectivity index (χ3v) is 4.12. The number of piperazine rings is 1. The molecule has 2 rings (SSSR count). The molecule has 1 saturated heterocycles. The van der Waals surface area contributed by atoms with Crippen LogP contribution in [0.2, 0.25) is 5.02 Å². The van der Waals surface area contributed by atoms with E-state index < -0.39 is 0 Å². The minimum atomic E-state index is -0.377. The van der Waals surface area contributed by atoms with Crippen LogP contribution in [0.25, 0.3) is 0 Å². The number of rotatable bonds is 3. The number of hydrogen-bond donors (Lipinski definition) is 1. The number of hydrogen-bond acceptors (Lipinski definition) is 3. The lowest BCUT2D eigenvalue weighted by atomic mass is 10.0. The molecule has 1 aliphatic rings. The summed E-state index contributed by atoms with van der Waals surface area (Å²) in [6, 6.07) is 4.53. The summed E-state index contributed by atoms with van der Waals surface area (Å²) >= 11 is 6.11. The van der Waals surface area contributed by atoms with Gasteiger partial charge in [0.25, 0.3) is 0 Å². The second-order valence-electron chi connectivity index (χ2n) is 5.18. The van der Waals surface area contributed by atoms with E-state index in [9.17, 15) is 9.50 Å². The fourth-order valence-electron chi connectivity index (χ4n) is 2.81. The van der Waals surface area contributed by atoms with Crippen LogP contribution in [0.3, 0.4) is 0 Å². The number of benzene rings is 1. The topological polar surface area (TPSA) is 26.7 Å². The Morgan fingerprint density at radius 2 is 2.21 bits per heavy atom. The predicted molar refractivity (Wildman–Crippen MR) is 74.9 cm³/mol. The molecule has 2 atom stereocenters. The average Bonchev–Trinajstić information content (AvgIpc) is 2.35. The van der Waals surface area contributed by atoms with E-state index in [1.807, 2.05) is 0 Å². The molecule has 0 amide bonds. The van der Waals surface area contributed by atoms with Crippen LogP contribution in [0.15, 0.2) is 18.2 Å². The summed E-state index contributed by atoms with van der Waals surface area (Å²) in [4.78, 5) is 4.36. The highest BCUT2D eigenvalue weighted by Crippen LogP contribution is 2.31. The summed E-state index contributed by atoms with van der Waals surface area (Å²) in [5, 5.41) is 10.1. The van der Waals surface area contributed by atoms with Gasteiger partial charge in [-0.25, -0.2) is 4.39 Å². The van der Waals surface area contributed by atoms with E-state index in [0.717, 1.165) is 19.6 Å². The molecule has 5 heteroatoms. The van der Waals surface area contributed by atoms with Crippen LogP contribution in [-0.4, -0.2) is 54.2 Å².